The molecule has 4 heteroatoms. The zero-order chi connectivity index (χ0) is 15.2. The zero-order valence-corrected chi connectivity index (χ0v) is 13.2. The van der Waals surface area contributed by atoms with E-state index in [1.807, 2.05) is 6.07 Å². The summed E-state index contributed by atoms with van der Waals surface area (Å²) in [5, 5.41) is 0. The highest BCUT2D eigenvalue weighted by Gasteiger charge is 2.27. The van der Waals surface area contributed by atoms with E-state index < -0.39 is 0 Å². The molecule has 1 amide bonds. The van der Waals surface area contributed by atoms with Crippen LogP contribution in [0.25, 0.3) is 0 Å². The molecule has 1 aromatic heterocycles. The number of rotatable bonds is 6. The molecule has 0 bridgehead atoms. The molecule has 1 aromatic rings. The molecular formula is C17H27N3O. The summed E-state index contributed by atoms with van der Waals surface area (Å²) in [6.07, 6.45) is 7.49. The minimum absolute atomic E-state index is 0.139. The van der Waals surface area contributed by atoms with E-state index in [9.17, 15) is 4.79 Å². The summed E-state index contributed by atoms with van der Waals surface area (Å²) in [6.45, 7) is 5.63. The van der Waals surface area contributed by atoms with Gasteiger partial charge in [0.1, 0.15) is 0 Å². The van der Waals surface area contributed by atoms with E-state index in [0.29, 0.717) is 18.5 Å². The Hall–Kier alpha value is -1.42. The zero-order valence-electron chi connectivity index (χ0n) is 13.2. The molecule has 116 valence electrons. The number of hydrogen-bond acceptors (Lipinski definition) is 3. The summed E-state index contributed by atoms with van der Waals surface area (Å²) in [5.74, 6) is 0.749. The SMILES string of the molecule is CC(C)CCN(C(=O)c1ccnc(CN)c1)C1CCCC1. The van der Waals surface area contributed by atoms with E-state index in [2.05, 4.69) is 23.7 Å². The van der Waals surface area contributed by atoms with Gasteiger partial charge in [-0.15, -0.1) is 0 Å². The predicted octanol–water partition coefficient (Wildman–Crippen LogP) is 2.97. The number of pyridine rings is 1. The van der Waals surface area contributed by atoms with Crippen molar-refractivity contribution in [1.82, 2.24) is 9.88 Å². The predicted molar refractivity (Wildman–Crippen MR) is 84.9 cm³/mol. The number of aromatic nitrogens is 1. The highest BCUT2D eigenvalue weighted by atomic mass is 16.2. The average Bonchev–Trinajstić information content (AvgIpc) is 3.01. The third-order valence-electron chi connectivity index (χ3n) is 4.25. The van der Waals surface area contributed by atoms with E-state index in [1.165, 1.54) is 12.8 Å². The smallest absolute Gasteiger partial charge is 0.254 e. The summed E-state index contributed by atoms with van der Waals surface area (Å²) >= 11 is 0. The first-order valence-electron chi connectivity index (χ1n) is 8.07. The number of carbonyl (C=O) groups excluding carboxylic acids is 1. The molecule has 0 radical (unpaired) electrons. The Balaban J connectivity index is 2.15. The van der Waals surface area contributed by atoms with Crippen molar-refractivity contribution in [2.45, 2.75) is 58.5 Å². The minimum atomic E-state index is 0.139. The van der Waals surface area contributed by atoms with Crippen molar-refractivity contribution in [2.24, 2.45) is 11.7 Å². The van der Waals surface area contributed by atoms with Crippen LogP contribution in [0.3, 0.4) is 0 Å². The van der Waals surface area contributed by atoms with Crippen molar-refractivity contribution >= 4 is 5.91 Å². The molecule has 2 N–H and O–H groups in total. The summed E-state index contributed by atoms with van der Waals surface area (Å²) in [5.41, 5.74) is 7.13. The Morgan fingerprint density at radius 1 is 1.43 bits per heavy atom. The molecule has 0 atom stereocenters. The summed E-state index contributed by atoms with van der Waals surface area (Å²) < 4.78 is 0. The van der Waals surface area contributed by atoms with Crippen molar-refractivity contribution < 1.29 is 4.79 Å². The number of nitrogens with two attached hydrogens (primary N) is 1. The lowest BCUT2D eigenvalue weighted by molar-refractivity contribution is 0.0671. The van der Waals surface area contributed by atoms with Crippen molar-refractivity contribution in [3.05, 3.63) is 29.6 Å². The number of carbonyl (C=O) groups is 1. The lowest BCUT2D eigenvalue weighted by Crippen LogP contribution is -2.40. The molecule has 1 heterocycles. The van der Waals surface area contributed by atoms with Crippen LogP contribution in [0.15, 0.2) is 18.3 Å². The van der Waals surface area contributed by atoms with Gasteiger partial charge in [-0.1, -0.05) is 26.7 Å². The molecule has 0 unspecified atom stereocenters. The molecule has 21 heavy (non-hydrogen) atoms. The molecule has 2 rings (SSSR count). The van der Waals surface area contributed by atoms with E-state index in [-0.39, 0.29) is 5.91 Å². The van der Waals surface area contributed by atoms with Gasteiger partial charge in [0.2, 0.25) is 0 Å². The Morgan fingerprint density at radius 3 is 2.76 bits per heavy atom. The fourth-order valence-corrected chi connectivity index (χ4v) is 2.95. The Kier molecular flexibility index (Phi) is 5.74. The van der Waals surface area contributed by atoms with Gasteiger partial charge in [-0.05, 0) is 37.3 Å². The van der Waals surface area contributed by atoms with Gasteiger partial charge < -0.3 is 10.6 Å². The quantitative estimate of drug-likeness (QED) is 0.876. The van der Waals surface area contributed by atoms with E-state index in [4.69, 9.17) is 5.73 Å². The van der Waals surface area contributed by atoms with Gasteiger partial charge in [-0.2, -0.15) is 0 Å². The number of nitrogens with zero attached hydrogens (tertiary/aromatic N) is 2. The normalized spacial score (nSPS) is 15.6. The lowest BCUT2D eigenvalue weighted by atomic mass is 10.1. The average molecular weight is 289 g/mol. The maximum atomic E-state index is 12.9. The third kappa shape index (κ3) is 4.27. The van der Waals surface area contributed by atoms with Gasteiger partial charge in [-0.25, -0.2) is 0 Å². The van der Waals surface area contributed by atoms with Crippen LogP contribution in [-0.4, -0.2) is 28.4 Å². The fourth-order valence-electron chi connectivity index (χ4n) is 2.95. The number of hydrogen-bond donors (Lipinski definition) is 1. The molecule has 4 nitrogen and oxygen atoms in total. The monoisotopic (exact) mass is 289 g/mol. The number of amides is 1. The van der Waals surface area contributed by atoms with Crippen LogP contribution in [0.5, 0.6) is 0 Å². The second-order valence-electron chi connectivity index (χ2n) is 6.36. The van der Waals surface area contributed by atoms with Gasteiger partial charge in [0, 0.05) is 30.9 Å². The fraction of sp³-hybridized carbons (Fsp3) is 0.647. The van der Waals surface area contributed by atoms with Crippen LogP contribution in [0, 0.1) is 5.92 Å². The second-order valence-corrected chi connectivity index (χ2v) is 6.36. The van der Waals surface area contributed by atoms with Gasteiger partial charge in [0.15, 0.2) is 0 Å². The van der Waals surface area contributed by atoms with Crippen molar-refractivity contribution in [2.75, 3.05) is 6.54 Å². The molecule has 0 aliphatic heterocycles. The van der Waals surface area contributed by atoms with Crippen LogP contribution in [0.1, 0.15) is 62.0 Å². The standard InChI is InChI=1S/C17H27N3O/c1-13(2)8-10-20(16-5-3-4-6-16)17(21)14-7-9-19-15(11-14)12-18/h7,9,11,13,16H,3-6,8,10,12,18H2,1-2H3. The third-order valence-corrected chi connectivity index (χ3v) is 4.25. The summed E-state index contributed by atoms with van der Waals surface area (Å²) in [6, 6.07) is 4.05. The molecule has 1 fully saturated rings. The van der Waals surface area contributed by atoms with Crippen molar-refractivity contribution in [3.8, 4) is 0 Å². The van der Waals surface area contributed by atoms with Gasteiger partial charge in [-0.3, -0.25) is 9.78 Å². The maximum absolute atomic E-state index is 12.9. The van der Waals surface area contributed by atoms with Crippen LogP contribution in [0.4, 0.5) is 0 Å². The van der Waals surface area contributed by atoms with Crippen LogP contribution < -0.4 is 5.73 Å². The first-order valence-corrected chi connectivity index (χ1v) is 8.07. The Labute approximate surface area is 127 Å². The molecule has 0 spiro atoms. The topological polar surface area (TPSA) is 59.2 Å². The van der Waals surface area contributed by atoms with E-state index >= 15 is 0 Å². The Morgan fingerprint density at radius 2 is 2.14 bits per heavy atom. The van der Waals surface area contributed by atoms with E-state index in [0.717, 1.165) is 37.1 Å². The second kappa shape index (κ2) is 7.55. The van der Waals surface area contributed by atoms with Gasteiger partial charge in [0.25, 0.3) is 5.91 Å². The first-order chi connectivity index (χ1) is 10.1. The minimum Gasteiger partial charge on any atom is -0.336 e. The molecule has 1 aliphatic carbocycles. The largest absolute Gasteiger partial charge is 0.336 e. The molecule has 0 aromatic carbocycles. The molecule has 0 saturated heterocycles. The first kappa shape index (κ1) is 16.0. The molecular weight excluding hydrogens is 262 g/mol. The van der Waals surface area contributed by atoms with Crippen LogP contribution >= 0.6 is 0 Å². The van der Waals surface area contributed by atoms with Crippen molar-refractivity contribution in [3.63, 3.8) is 0 Å². The van der Waals surface area contributed by atoms with Crippen LogP contribution in [-0.2, 0) is 6.54 Å². The van der Waals surface area contributed by atoms with Gasteiger partial charge >= 0.3 is 0 Å². The van der Waals surface area contributed by atoms with E-state index in [1.54, 1.807) is 12.3 Å². The highest BCUT2D eigenvalue weighted by molar-refractivity contribution is 5.94. The van der Waals surface area contributed by atoms with Crippen molar-refractivity contribution in [1.29, 1.82) is 0 Å². The lowest BCUT2D eigenvalue weighted by Gasteiger charge is -2.30. The maximum Gasteiger partial charge on any atom is 0.254 e. The summed E-state index contributed by atoms with van der Waals surface area (Å²) in [4.78, 5) is 19.1. The Bertz CT molecular complexity index is 467. The molecule has 1 saturated carbocycles. The molecule has 1 aliphatic rings. The van der Waals surface area contributed by atoms with Crippen LogP contribution in [0.2, 0.25) is 0 Å². The van der Waals surface area contributed by atoms with Gasteiger partial charge in [0.05, 0.1) is 5.69 Å². The summed E-state index contributed by atoms with van der Waals surface area (Å²) in [7, 11) is 0. The highest BCUT2D eigenvalue weighted by Crippen LogP contribution is 2.25.